The molecule has 0 fully saturated rings. The third kappa shape index (κ3) is 3.93. The van der Waals surface area contributed by atoms with E-state index < -0.39 is 5.97 Å². The molecule has 2 aromatic carbocycles. The Bertz CT molecular complexity index is 742. The second-order valence-electron chi connectivity index (χ2n) is 5.60. The highest BCUT2D eigenvalue weighted by atomic mass is 16.5. The lowest BCUT2D eigenvalue weighted by Crippen LogP contribution is -2.30. The van der Waals surface area contributed by atoms with Crippen molar-refractivity contribution in [1.29, 1.82) is 0 Å². The van der Waals surface area contributed by atoms with Crippen LogP contribution in [0.25, 0.3) is 0 Å². The number of nitrogens with zero attached hydrogens (tertiary/aromatic N) is 1. The van der Waals surface area contributed by atoms with Gasteiger partial charge in [-0.15, -0.1) is 0 Å². The van der Waals surface area contributed by atoms with Crippen molar-refractivity contribution in [2.45, 2.75) is 19.4 Å². The monoisotopic (exact) mass is 327 g/mol. The van der Waals surface area contributed by atoms with Crippen molar-refractivity contribution in [3.05, 3.63) is 65.2 Å². The topological polar surface area (TPSA) is 66.8 Å². The summed E-state index contributed by atoms with van der Waals surface area (Å²) in [6.07, 6.45) is -0.104. The molecule has 5 heteroatoms. The van der Waals surface area contributed by atoms with Crippen LogP contribution in [0.2, 0.25) is 0 Å². The molecule has 0 saturated heterocycles. The molecule has 5 nitrogen and oxygen atoms in total. The highest BCUT2D eigenvalue weighted by Gasteiger charge is 2.21. The van der Waals surface area contributed by atoms with Crippen molar-refractivity contribution in [1.82, 2.24) is 4.90 Å². The van der Waals surface area contributed by atoms with E-state index in [1.807, 2.05) is 31.2 Å². The van der Waals surface area contributed by atoms with Crippen LogP contribution in [-0.2, 0) is 11.2 Å². The Morgan fingerprint density at radius 1 is 1.17 bits per heavy atom. The van der Waals surface area contributed by atoms with Crippen molar-refractivity contribution < 1.29 is 19.4 Å². The summed E-state index contributed by atoms with van der Waals surface area (Å²) in [7, 11) is 3.33. The molecule has 2 rings (SSSR count). The van der Waals surface area contributed by atoms with Crippen molar-refractivity contribution in [3.63, 3.8) is 0 Å². The van der Waals surface area contributed by atoms with Gasteiger partial charge in [-0.2, -0.15) is 0 Å². The Morgan fingerprint density at radius 3 is 2.54 bits per heavy atom. The number of amides is 1. The molecule has 0 radical (unpaired) electrons. The van der Waals surface area contributed by atoms with Gasteiger partial charge in [-0.3, -0.25) is 9.59 Å². The van der Waals surface area contributed by atoms with Crippen molar-refractivity contribution in [3.8, 4) is 5.75 Å². The lowest BCUT2D eigenvalue weighted by atomic mass is 10.0. The fourth-order valence-corrected chi connectivity index (χ4v) is 2.59. The van der Waals surface area contributed by atoms with Gasteiger partial charge in [0, 0.05) is 18.2 Å². The molecule has 1 N–H and O–H groups in total. The first-order valence-corrected chi connectivity index (χ1v) is 7.65. The number of hydrogen-bond acceptors (Lipinski definition) is 3. The van der Waals surface area contributed by atoms with E-state index in [1.54, 1.807) is 43.3 Å². The van der Waals surface area contributed by atoms with E-state index in [4.69, 9.17) is 9.84 Å². The lowest BCUT2D eigenvalue weighted by Gasteiger charge is -2.26. The number of ether oxygens (including phenoxy) is 1. The van der Waals surface area contributed by atoms with E-state index >= 15 is 0 Å². The normalized spacial score (nSPS) is 11.6. The summed E-state index contributed by atoms with van der Waals surface area (Å²) in [6.45, 7) is 1.93. The van der Waals surface area contributed by atoms with Gasteiger partial charge in [0.15, 0.2) is 0 Å². The van der Waals surface area contributed by atoms with Gasteiger partial charge in [-0.05, 0) is 30.7 Å². The third-order valence-electron chi connectivity index (χ3n) is 4.02. The number of methoxy groups -OCH3 is 1. The smallest absolute Gasteiger partial charge is 0.307 e. The van der Waals surface area contributed by atoms with Gasteiger partial charge >= 0.3 is 5.97 Å². The van der Waals surface area contributed by atoms with Crippen LogP contribution in [0.4, 0.5) is 0 Å². The number of para-hydroxylation sites is 1. The lowest BCUT2D eigenvalue weighted by molar-refractivity contribution is -0.136. The Kier molecular flexibility index (Phi) is 5.58. The predicted octanol–water partition coefficient (Wildman–Crippen LogP) is 3.16. The van der Waals surface area contributed by atoms with Crippen LogP contribution in [-0.4, -0.2) is 36.0 Å². The SMILES string of the molecule is COc1ccccc1[C@@H](C)N(C)C(=O)c1cccc(CC(=O)O)c1. The molecule has 0 saturated carbocycles. The summed E-state index contributed by atoms with van der Waals surface area (Å²) < 4.78 is 5.36. The summed E-state index contributed by atoms with van der Waals surface area (Å²) in [5.41, 5.74) is 1.99. The number of carbonyl (C=O) groups is 2. The summed E-state index contributed by atoms with van der Waals surface area (Å²) in [4.78, 5) is 25.2. The van der Waals surface area contributed by atoms with Crippen molar-refractivity contribution in [2.24, 2.45) is 0 Å². The second-order valence-corrected chi connectivity index (χ2v) is 5.60. The second kappa shape index (κ2) is 7.64. The zero-order valence-electron chi connectivity index (χ0n) is 14.0. The Balaban J connectivity index is 2.24. The largest absolute Gasteiger partial charge is 0.496 e. The summed E-state index contributed by atoms with van der Waals surface area (Å²) in [5.74, 6) is -0.361. The molecule has 0 aliphatic heterocycles. The molecule has 0 aliphatic rings. The number of aliphatic carboxylic acids is 1. The molecule has 0 spiro atoms. The molecule has 0 heterocycles. The van der Waals surface area contributed by atoms with Gasteiger partial charge in [-0.25, -0.2) is 0 Å². The van der Waals surface area contributed by atoms with Gasteiger partial charge < -0.3 is 14.7 Å². The predicted molar refractivity (Wildman–Crippen MR) is 91.3 cm³/mol. The maximum atomic E-state index is 12.7. The van der Waals surface area contributed by atoms with E-state index in [0.717, 1.165) is 11.3 Å². The Hall–Kier alpha value is -2.82. The van der Waals surface area contributed by atoms with Crippen molar-refractivity contribution in [2.75, 3.05) is 14.2 Å². The average molecular weight is 327 g/mol. The number of hydrogen-bond donors (Lipinski definition) is 1. The summed E-state index contributed by atoms with van der Waals surface area (Å²) >= 11 is 0. The maximum absolute atomic E-state index is 12.7. The van der Waals surface area contributed by atoms with Gasteiger partial charge in [0.1, 0.15) is 5.75 Å². The van der Waals surface area contributed by atoms with Gasteiger partial charge in [0.05, 0.1) is 19.6 Å². The zero-order valence-corrected chi connectivity index (χ0v) is 14.0. The maximum Gasteiger partial charge on any atom is 0.307 e. The average Bonchev–Trinajstić information content (AvgIpc) is 2.59. The van der Waals surface area contributed by atoms with E-state index in [1.165, 1.54) is 0 Å². The quantitative estimate of drug-likeness (QED) is 0.885. The van der Waals surface area contributed by atoms with Gasteiger partial charge in [0.25, 0.3) is 5.91 Å². The molecule has 1 atom stereocenters. The van der Waals surface area contributed by atoms with Crippen LogP contribution in [0.5, 0.6) is 5.75 Å². The van der Waals surface area contributed by atoms with Gasteiger partial charge in [-0.1, -0.05) is 30.3 Å². The van der Waals surface area contributed by atoms with Crippen LogP contribution in [0.15, 0.2) is 48.5 Å². The van der Waals surface area contributed by atoms with Crippen LogP contribution >= 0.6 is 0 Å². The molecule has 24 heavy (non-hydrogen) atoms. The minimum atomic E-state index is -0.921. The molecular weight excluding hydrogens is 306 g/mol. The molecule has 0 aromatic heterocycles. The highest BCUT2D eigenvalue weighted by molar-refractivity contribution is 5.94. The third-order valence-corrected chi connectivity index (χ3v) is 4.02. The number of benzene rings is 2. The standard InChI is InChI=1S/C19H21NO4/c1-13(16-9-4-5-10-17(16)24-3)20(2)19(23)15-8-6-7-14(11-15)12-18(21)22/h4-11,13H,12H2,1-3H3,(H,21,22)/t13-/m1/s1. The fraction of sp³-hybridized carbons (Fsp3) is 0.263. The number of carbonyl (C=O) groups excluding carboxylic acids is 1. The molecule has 0 unspecified atom stereocenters. The first-order valence-electron chi connectivity index (χ1n) is 7.65. The van der Waals surface area contributed by atoms with Gasteiger partial charge in [0.2, 0.25) is 0 Å². The van der Waals surface area contributed by atoms with Crippen LogP contribution < -0.4 is 4.74 Å². The van der Waals surface area contributed by atoms with Crippen LogP contribution in [0.3, 0.4) is 0 Å². The zero-order chi connectivity index (χ0) is 17.7. The minimum absolute atomic E-state index is 0.104. The van der Waals surface area contributed by atoms with E-state index in [2.05, 4.69) is 0 Å². The molecule has 2 aromatic rings. The molecular formula is C19H21NO4. The molecule has 1 amide bonds. The van der Waals surface area contributed by atoms with Crippen LogP contribution in [0.1, 0.15) is 34.5 Å². The Morgan fingerprint density at radius 2 is 1.88 bits per heavy atom. The van der Waals surface area contributed by atoms with Crippen molar-refractivity contribution >= 4 is 11.9 Å². The van der Waals surface area contributed by atoms with E-state index in [9.17, 15) is 9.59 Å². The number of carboxylic acids is 1. The fourth-order valence-electron chi connectivity index (χ4n) is 2.59. The highest BCUT2D eigenvalue weighted by Crippen LogP contribution is 2.29. The first-order chi connectivity index (χ1) is 11.4. The summed E-state index contributed by atoms with van der Waals surface area (Å²) in [5, 5.41) is 8.89. The summed E-state index contributed by atoms with van der Waals surface area (Å²) in [6, 6.07) is 14.1. The Labute approximate surface area is 141 Å². The molecule has 0 bridgehead atoms. The molecule has 126 valence electrons. The van der Waals surface area contributed by atoms with E-state index in [-0.39, 0.29) is 18.4 Å². The van der Waals surface area contributed by atoms with Crippen LogP contribution in [0, 0.1) is 0 Å². The van der Waals surface area contributed by atoms with E-state index in [0.29, 0.717) is 11.1 Å². The molecule has 0 aliphatic carbocycles. The first kappa shape index (κ1) is 17.5. The minimum Gasteiger partial charge on any atom is -0.496 e. The number of rotatable bonds is 6. The number of carboxylic acid groups (broad SMARTS) is 1.